The molecule has 3 aromatic rings. The molecule has 2 fully saturated rings. The van der Waals surface area contributed by atoms with Crippen molar-refractivity contribution in [3.63, 3.8) is 0 Å². The molecule has 42 heavy (non-hydrogen) atoms. The molecule has 6 rings (SSSR count). The second kappa shape index (κ2) is 12.8. The third-order valence-corrected chi connectivity index (χ3v) is 9.89. The highest BCUT2D eigenvalue weighted by Crippen LogP contribution is 2.38. The van der Waals surface area contributed by atoms with Crippen molar-refractivity contribution in [1.29, 1.82) is 0 Å². The number of aromatic nitrogens is 1. The number of nitrogens with one attached hydrogen (secondary N) is 2. The van der Waals surface area contributed by atoms with Crippen LogP contribution in [0.4, 0.5) is 8.78 Å². The van der Waals surface area contributed by atoms with Gasteiger partial charge in [-0.2, -0.15) is 0 Å². The molecule has 1 aromatic heterocycles. The van der Waals surface area contributed by atoms with E-state index in [0.29, 0.717) is 42.4 Å². The zero-order valence-corrected chi connectivity index (χ0v) is 25.7. The number of ether oxygens (including phenoxy) is 1. The third kappa shape index (κ3) is 6.32. The SMILES string of the molecule is O=C(C1=C(c2nc(CCCOc3c(F)ccc(Cl)c3F)cs2)CC2CNCC1N2)N(Cc1cccc(Cl)c1Cl)C1CC1. The van der Waals surface area contributed by atoms with Crippen molar-refractivity contribution in [2.45, 2.75) is 56.8 Å². The Morgan fingerprint density at radius 3 is 2.76 bits per heavy atom. The highest BCUT2D eigenvalue weighted by atomic mass is 35.5. The first-order chi connectivity index (χ1) is 20.3. The predicted molar refractivity (Wildman–Crippen MR) is 162 cm³/mol. The van der Waals surface area contributed by atoms with E-state index in [1.807, 2.05) is 22.4 Å². The number of benzene rings is 2. The Labute approximate surface area is 262 Å². The first-order valence-corrected chi connectivity index (χ1v) is 16.0. The van der Waals surface area contributed by atoms with Crippen molar-refractivity contribution >= 4 is 57.6 Å². The molecule has 1 saturated heterocycles. The van der Waals surface area contributed by atoms with Gasteiger partial charge in [0.25, 0.3) is 5.91 Å². The van der Waals surface area contributed by atoms with Gasteiger partial charge in [0.05, 0.1) is 33.4 Å². The molecule has 1 amide bonds. The Hall–Kier alpha value is -2.27. The van der Waals surface area contributed by atoms with Crippen LogP contribution in [0.2, 0.25) is 15.1 Å². The lowest BCUT2D eigenvalue weighted by Crippen LogP contribution is -2.60. The zero-order chi connectivity index (χ0) is 29.4. The molecule has 2 aliphatic heterocycles. The van der Waals surface area contributed by atoms with Crippen molar-refractivity contribution in [3.05, 3.63) is 84.3 Å². The van der Waals surface area contributed by atoms with Gasteiger partial charge in [0, 0.05) is 42.7 Å². The number of nitrogens with zero attached hydrogens (tertiary/aromatic N) is 2. The van der Waals surface area contributed by atoms with Crippen LogP contribution in [0, 0.1) is 11.6 Å². The van der Waals surface area contributed by atoms with E-state index < -0.39 is 17.4 Å². The van der Waals surface area contributed by atoms with Crippen LogP contribution in [0.15, 0.2) is 41.3 Å². The number of aryl methyl sites for hydroxylation is 1. The summed E-state index contributed by atoms with van der Waals surface area (Å²) >= 11 is 20.1. The van der Waals surface area contributed by atoms with E-state index in [0.717, 1.165) is 58.9 Å². The molecule has 2 bridgehead atoms. The molecule has 0 radical (unpaired) electrons. The number of halogens is 5. The monoisotopic (exact) mass is 652 g/mol. The summed E-state index contributed by atoms with van der Waals surface area (Å²) < 4.78 is 33.5. The highest BCUT2D eigenvalue weighted by Gasteiger charge is 2.41. The quantitative estimate of drug-likeness (QED) is 0.189. The number of piperazine rings is 1. The van der Waals surface area contributed by atoms with Crippen LogP contribution in [-0.2, 0) is 17.8 Å². The number of carbonyl (C=O) groups is 1. The minimum absolute atomic E-state index is 0.00100. The summed E-state index contributed by atoms with van der Waals surface area (Å²) in [5.41, 5.74) is 3.40. The van der Waals surface area contributed by atoms with Crippen molar-refractivity contribution in [3.8, 4) is 5.75 Å². The van der Waals surface area contributed by atoms with Gasteiger partial charge >= 0.3 is 0 Å². The maximum atomic E-state index is 14.3. The van der Waals surface area contributed by atoms with E-state index in [1.165, 1.54) is 11.3 Å². The van der Waals surface area contributed by atoms with Crippen molar-refractivity contribution in [1.82, 2.24) is 20.5 Å². The summed E-state index contributed by atoms with van der Waals surface area (Å²) in [7, 11) is 0. The fourth-order valence-electron chi connectivity index (χ4n) is 5.56. The van der Waals surface area contributed by atoms with Gasteiger partial charge < -0.3 is 20.3 Å². The molecule has 222 valence electrons. The van der Waals surface area contributed by atoms with E-state index in [1.54, 1.807) is 6.07 Å². The molecular weight excluding hydrogens is 625 g/mol. The number of thiazole rings is 1. The van der Waals surface area contributed by atoms with Crippen molar-refractivity contribution < 1.29 is 18.3 Å². The zero-order valence-electron chi connectivity index (χ0n) is 22.6. The second-order valence-electron chi connectivity index (χ2n) is 10.8. The topological polar surface area (TPSA) is 66.5 Å². The fourth-order valence-corrected chi connectivity index (χ4v) is 7.01. The molecule has 2 unspecified atom stereocenters. The number of fused-ring (bicyclic) bond motifs is 2. The largest absolute Gasteiger partial charge is 0.488 e. The molecule has 1 aliphatic carbocycles. The summed E-state index contributed by atoms with van der Waals surface area (Å²) in [6.07, 6.45) is 3.66. The summed E-state index contributed by atoms with van der Waals surface area (Å²) in [6, 6.07) is 7.99. The van der Waals surface area contributed by atoms with Crippen LogP contribution in [0.25, 0.3) is 5.57 Å². The molecule has 1 saturated carbocycles. The fraction of sp³-hybridized carbons (Fsp3) is 0.400. The molecule has 0 spiro atoms. The number of hydrogen-bond donors (Lipinski definition) is 2. The summed E-state index contributed by atoms with van der Waals surface area (Å²) in [5.74, 6) is -2.16. The molecule has 2 aromatic carbocycles. The van der Waals surface area contributed by atoms with E-state index in [4.69, 9.17) is 44.5 Å². The molecule has 2 atom stereocenters. The average Bonchev–Trinajstić information content (AvgIpc) is 3.71. The third-order valence-electron chi connectivity index (χ3n) is 7.79. The van der Waals surface area contributed by atoms with Crippen molar-refractivity contribution in [2.75, 3.05) is 19.7 Å². The molecule has 3 aliphatic rings. The lowest BCUT2D eigenvalue weighted by molar-refractivity contribution is -0.128. The van der Waals surface area contributed by atoms with Gasteiger partial charge in [-0.25, -0.2) is 13.8 Å². The molecule has 12 heteroatoms. The first-order valence-electron chi connectivity index (χ1n) is 13.9. The summed E-state index contributed by atoms with van der Waals surface area (Å²) in [4.78, 5) is 21.1. The van der Waals surface area contributed by atoms with E-state index in [-0.39, 0.29) is 35.7 Å². The van der Waals surface area contributed by atoms with Crippen molar-refractivity contribution in [2.24, 2.45) is 0 Å². The van der Waals surface area contributed by atoms with E-state index in [9.17, 15) is 13.6 Å². The molecular formula is C30H29Cl3F2N4O2S. The van der Waals surface area contributed by atoms with Crippen LogP contribution in [0.5, 0.6) is 5.75 Å². The smallest absolute Gasteiger partial charge is 0.252 e. The Kier molecular flexibility index (Phi) is 9.05. The normalized spacial score (nSPS) is 20.1. The van der Waals surface area contributed by atoms with Crippen LogP contribution < -0.4 is 15.4 Å². The predicted octanol–water partition coefficient (Wildman–Crippen LogP) is 6.67. The first kappa shape index (κ1) is 29.8. The van der Waals surface area contributed by atoms with E-state index >= 15 is 0 Å². The van der Waals surface area contributed by atoms with Crippen LogP contribution in [-0.4, -0.2) is 53.6 Å². The minimum atomic E-state index is -0.902. The Balaban J connectivity index is 1.21. The molecule has 3 heterocycles. The van der Waals surface area contributed by atoms with Gasteiger partial charge in [-0.3, -0.25) is 4.79 Å². The minimum Gasteiger partial charge on any atom is -0.488 e. The van der Waals surface area contributed by atoms with Gasteiger partial charge in [-0.05, 0) is 61.4 Å². The maximum Gasteiger partial charge on any atom is 0.252 e. The van der Waals surface area contributed by atoms with Crippen LogP contribution in [0.3, 0.4) is 0 Å². The Morgan fingerprint density at radius 2 is 1.95 bits per heavy atom. The second-order valence-corrected chi connectivity index (χ2v) is 12.9. The van der Waals surface area contributed by atoms with Gasteiger partial charge in [0.2, 0.25) is 0 Å². The average molecular weight is 654 g/mol. The van der Waals surface area contributed by atoms with Crippen LogP contribution in [0.1, 0.15) is 41.9 Å². The van der Waals surface area contributed by atoms with Gasteiger partial charge in [-0.15, -0.1) is 11.3 Å². The Morgan fingerprint density at radius 1 is 1.12 bits per heavy atom. The van der Waals surface area contributed by atoms with E-state index in [2.05, 4.69) is 10.6 Å². The summed E-state index contributed by atoms with van der Waals surface area (Å²) in [5, 5.41) is 10.7. The van der Waals surface area contributed by atoms with Gasteiger partial charge in [-0.1, -0.05) is 46.9 Å². The Bertz CT molecular complexity index is 1530. The lowest BCUT2D eigenvalue weighted by Gasteiger charge is -2.40. The van der Waals surface area contributed by atoms with Gasteiger partial charge in [0.15, 0.2) is 17.4 Å². The lowest BCUT2D eigenvalue weighted by atomic mass is 9.87. The van der Waals surface area contributed by atoms with Crippen LogP contribution >= 0.6 is 46.1 Å². The number of hydrogen-bond acceptors (Lipinski definition) is 6. The highest BCUT2D eigenvalue weighted by molar-refractivity contribution is 7.10. The molecule has 6 nitrogen and oxygen atoms in total. The number of rotatable bonds is 10. The maximum absolute atomic E-state index is 14.3. The van der Waals surface area contributed by atoms with Gasteiger partial charge in [0.1, 0.15) is 5.01 Å². The number of carbonyl (C=O) groups excluding carboxylic acids is 1. The summed E-state index contributed by atoms with van der Waals surface area (Å²) in [6.45, 7) is 1.97. The standard InChI is InChI=1S/C30H29Cl3F2N4O2S/c31-21-5-1-3-16(26(21)33)14-39(19-6-7-19)30(40)25-20(11-18-12-36-13-24(25)37-18)29-38-17(15-42-29)4-2-10-41-28-23(34)9-8-22(32)27(28)35/h1,3,5,8-9,15,18-19,24,36-37H,2,4,6-7,10-14H2. The number of amides is 1. The molecule has 2 N–H and O–H groups in total.